The van der Waals surface area contributed by atoms with E-state index in [1.165, 1.54) is 65.9 Å². The van der Waals surface area contributed by atoms with Crippen LogP contribution < -0.4 is 4.74 Å². The summed E-state index contributed by atoms with van der Waals surface area (Å²) in [4.78, 5) is 6.71. The van der Waals surface area contributed by atoms with Crippen molar-refractivity contribution in [1.29, 1.82) is 0 Å². The fraction of sp³-hybridized carbons (Fsp3) is 0.567. The van der Waals surface area contributed by atoms with E-state index in [1.54, 1.807) is 7.11 Å². The molecule has 0 amide bonds. The summed E-state index contributed by atoms with van der Waals surface area (Å²) in [5.74, 6) is 3.32. The van der Waals surface area contributed by atoms with Gasteiger partial charge in [0.1, 0.15) is 5.75 Å². The number of ether oxygens (including phenoxy) is 2. The van der Waals surface area contributed by atoms with Gasteiger partial charge >= 0.3 is 0 Å². The number of hydrogen-bond donors (Lipinski definition) is 0. The van der Waals surface area contributed by atoms with Crippen molar-refractivity contribution in [2.24, 2.45) is 21.7 Å². The van der Waals surface area contributed by atoms with E-state index in [4.69, 9.17) is 14.5 Å². The van der Waals surface area contributed by atoms with Crippen LogP contribution in [0.15, 0.2) is 52.4 Å². The fourth-order valence-corrected chi connectivity index (χ4v) is 7.31. The molecule has 2 fully saturated rings. The molecule has 2 aliphatic carbocycles. The van der Waals surface area contributed by atoms with Crippen LogP contribution in [0.4, 0.5) is 5.69 Å². The Morgan fingerprint density at radius 2 is 1.74 bits per heavy atom. The maximum Gasteiger partial charge on any atom is 0.118 e. The lowest BCUT2D eigenvalue weighted by Gasteiger charge is -2.37. The molecule has 0 spiro atoms. The van der Waals surface area contributed by atoms with E-state index in [1.807, 2.05) is 31.0 Å². The summed E-state index contributed by atoms with van der Waals surface area (Å²) < 4.78 is 10.9. The van der Waals surface area contributed by atoms with Crippen LogP contribution in [0, 0.1) is 16.7 Å². The van der Waals surface area contributed by atoms with Gasteiger partial charge in [-0.3, -0.25) is 4.99 Å². The number of nitrogens with zero attached hydrogens (tertiary/aromatic N) is 1. The van der Waals surface area contributed by atoms with Crippen molar-refractivity contribution in [3.8, 4) is 5.75 Å². The van der Waals surface area contributed by atoms with Crippen LogP contribution in [0.5, 0.6) is 5.75 Å². The van der Waals surface area contributed by atoms with Crippen molar-refractivity contribution < 1.29 is 9.47 Å². The molecule has 0 bridgehead atoms. The van der Waals surface area contributed by atoms with Gasteiger partial charge in [-0.2, -0.15) is 0 Å². The summed E-state index contributed by atoms with van der Waals surface area (Å²) in [6.45, 7) is 7.08. The zero-order valence-electron chi connectivity index (χ0n) is 21.4. The Labute approximate surface area is 209 Å². The molecule has 4 heteroatoms. The Hall–Kier alpha value is -1.78. The van der Waals surface area contributed by atoms with E-state index >= 15 is 0 Å². The normalized spacial score (nSPS) is 28.0. The summed E-state index contributed by atoms with van der Waals surface area (Å²) in [5, 5.41) is 0. The maximum absolute atomic E-state index is 5.63. The van der Waals surface area contributed by atoms with Crippen molar-refractivity contribution in [1.82, 2.24) is 0 Å². The van der Waals surface area contributed by atoms with Gasteiger partial charge in [0.2, 0.25) is 0 Å². The smallest absolute Gasteiger partial charge is 0.118 e. The zero-order valence-corrected chi connectivity index (χ0v) is 22.2. The highest BCUT2D eigenvalue weighted by Crippen LogP contribution is 2.70. The second-order valence-corrected chi connectivity index (χ2v) is 12.6. The minimum atomic E-state index is 0.0996. The number of rotatable bonds is 7. The monoisotopic (exact) mass is 477 g/mol. The second-order valence-electron chi connectivity index (χ2n) is 11.6. The SMILES string of the molecule is COc1ccc(CSc2ccc3c(c2)N=C(C(C)(C)C)C2(CC4CCC(OC)CC4)CC32)cc1. The molecule has 3 aliphatic rings. The topological polar surface area (TPSA) is 30.8 Å². The van der Waals surface area contributed by atoms with Gasteiger partial charge in [-0.1, -0.05) is 39.0 Å². The van der Waals surface area contributed by atoms with E-state index < -0.39 is 0 Å². The molecule has 0 N–H and O–H groups in total. The third kappa shape index (κ3) is 4.68. The second kappa shape index (κ2) is 9.35. The van der Waals surface area contributed by atoms with Crippen molar-refractivity contribution in [3.05, 3.63) is 53.6 Å². The molecule has 2 atom stereocenters. The summed E-state index contributed by atoms with van der Waals surface area (Å²) in [6.07, 6.45) is 8.09. The van der Waals surface area contributed by atoms with Crippen molar-refractivity contribution in [2.45, 2.75) is 82.0 Å². The fourth-order valence-electron chi connectivity index (χ4n) is 6.42. The average molecular weight is 478 g/mol. The highest BCUT2D eigenvalue weighted by molar-refractivity contribution is 7.98. The van der Waals surface area contributed by atoms with E-state index in [9.17, 15) is 0 Å². The zero-order chi connectivity index (χ0) is 23.9. The summed E-state index contributed by atoms with van der Waals surface area (Å²) in [6, 6.07) is 15.4. The van der Waals surface area contributed by atoms with E-state index in [-0.39, 0.29) is 10.8 Å². The standard InChI is InChI=1S/C30H39NO2S/c1-29(2,3)28-30(17-20-6-10-22(32-4)11-7-20)18-26(30)25-15-14-24(16-27(25)31-28)34-19-21-8-12-23(33-5)13-9-21/h8-9,12-16,20,22,26H,6-7,10-11,17-19H2,1-5H3. The number of thioether (sulfide) groups is 1. The first-order valence-electron chi connectivity index (χ1n) is 12.8. The largest absolute Gasteiger partial charge is 0.497 e. The average Bonchev–Trinajstić information content (AvgIpc) is 3.57. The van der Waals surface area contributed by atoms with Gasteiger partial charge in [0.05, 0.1) is 18.9 Å². The predicted molar refractivity (Wildman–Crippen MR) is 143 cm³/mol. The van der Waals surface area contributed by atoms with Crippen LogP contribution in [0.1, 0.15) is 76.3 Å². The van der Waals surface area contributed by atoms with Crippen molar-refractivity contribution >= 4 is 23.2 Å². The lowest BCUT2D eigenvalue weighted by Crippen LogP contribution is -2.35. The Kier molecular flexibility index (Phi) is 6.58. The molecular formula is C30H39NO2S. The minimum absolute atomic E-state index is 0.0996. The van der Waals surface area contributed by atoms with Crippen LogP contribution in [0.25, 0.3) is 0 Å². The number of fused-ring (bicyclic) bond motifs is 3. The third-order valence-corrected chi connectivity index (χ3v) is 9.28. The Balaban J connectivity index is 1.34. The molecule has 0 saturated heterocycles. The Morgan fingerprint density at radius 1 is 1.00 bits per heavy atom. The van der Waals surface area contributed by atoms with Gasteiger partial charge < -0.3 is 9.47 Å². The highest BCUT2D eigenvalue weighted by atomic mass is 32.2. The highest BCUT2D eigenvalue weighted by Gasteiger charge is 2.62. The Morgan fingerprint density at radius 3 is 2.38 bits per heavy atom. The molecule has 2 aromatic carbocycles. The molecule has 182 valence electrons. The molecule has 2 unspecified atom stereocenters. The van der Waals surface area contributed by atoms with Crippen LogP contribution in [-0.2, 0) is 10.5 Å². The van der Waals surface area contributed by atoms with Crippen molar-refractivity contribution in [3.63, 3.8) is 0 Å². The molecule has 0 radical (unpaired) electrons. The van der Waals surface area contributed by atoms with Crippen LogP contribution in [0.3, 0.4) is 0 Å². The molecule has 0 aromatic heterocycles. The molecule has 3 nitrogen and oxygen atoms in total. The van der Waals surface area contributed by atoms with Crippen LogP contribution in [0.2, 0.25) is 0 Å². The minimum Gasteiger partial charge on any atom is -0.497 e. The lowest BCUT2D eigenvalue weighted by molar-refractivity contribution is 0.0533. The first-order chi connectivity index (χ1) is 16.3. The first kappa shape index (κ1) is 23.9. The van der Waals surface area contributed by atoms with E-state index in [0.717, 1.165) is 17.4 Å². The lowest BCUT2D eigenvalue weighted by atomic mass is 9.70. The van der Waals surface area contributed by atoms with Gasteiger partial charge in [0.15, 0.2) is 0 Å². The summed E-state index contributed by atoms with van der Waals surface area (Å²) >= 11 is 1.89. The van der Waals surface area contributed by atoms with Gasteiger partial charge in [-0.05, 0) is 85.8 Å². The molecule has 1 heterocycles. The van der Waals surface area contributed by atoms with Crippen LogP contribution >= 0.6 is 11.8 Å². The predicted octanol–water partition coefficient (Wildman–Crippen LogP) is 8.19. The summed E-state index contributed by atoms with van der Waals surface area (Å²) in [7, 11) is 3.58. The maximum atomic E-state index is 5.63. The van der Waals surface area contributed by atoms with Gasteiger partial charge in [0, 0.05) is 34.3 Å². The first-order valence-corrected chi connectivity index (χ1v) is 13.8. The molecule has 1 aliphatic heterocycles. The number of benzene rings is 2. The molecule has 34 heavy (non-hydrogen) atoms. The molecule has 2 aromatic rings. The van der Waals surface area contributed by atoms with Crippen molar-refractivity contribution in [2.75, 3.05) is 14.2 Å². The quantitative estimate of drug-likeness (QED) is 0.377. The van der Waals surface area contributed by atoms with Gasteiger partial charge in [-0.15, -0.1) is 11.8 Å². The summed E-state index contributed by atoms with van der Waals surface area (Å²) in [5.41, 5.74) is 5.84. The molecular weight excluding hydrogens is 438 g/mol. The third-order valence-electron chi connectivity index (χ3n) is 8.21. The number of aliphatic imine (C=N–C) groups is 1. The Bertz CT molecular complexity index is 1050. The van der Waals surface area contributed by atoms with E-state index in [2.05, 4.69) is 51.1 Å². The van der Waals surface area contributed by atoms with E-state index in [0.29, 0.717) is 12.0 Å². The number of hydrogen-bond acceptors (Lipinski definition) is 4. The van der Waals surface area contributed by atoms with Gasteiger partial charge in [-0.25, -0.2) is 0 Å². The molecule has 5 rings (SSSR count). The van der Waals surface area contributed by atoms with Crippen LogP contribution in [-0.4, -0.2) is 26.0 Å². The number of methoxy groups -OCH3 is 2. The molecule has 2 saturated carbocycles. The van der Waals surface area contributed by atoms with Gasteiger partial charge in [0.25, 0.3) is 0 Å².